The summed E-state index contributed by atoms with van der Waals surface area (Å²) in [7, 11) is 1.29. The van der Waals surface area contributed by atoms with Gasteiger partial charge in [-0.1, -0.05) is 6.07 Å². The number of hydrogen-bond donors (Lipinski definition) is 1. The molecule has 0 saturated carbocycles. The minimum absolute atomic E-state index is 0.0193. The SMILES string of the molecule is COc1cccc2c1C(F)(F)C(=O)N2. The van der Waals surface area contributed by atoms with Crippen LogP contribution in [-0.4, -0.2) is 13.0 Å². The zero-order valence-corrected chi connectivity index (χ0v) is 7.30. The molecule has 1 aromatic carbocycles. The Bertz CT molecular complexity index is 404. The standard InChI is InChI=1S/C9H7F2NO2/c1-14-6-4-2-3-5-7(6)9(10,11)8(13)12-5/h2-4H,1H3,(H,12,13). The summed E-state index contributed by atoms with van der Waals surface area (Å²) in [6.45, 7) is 0. The van der Waals surface area contributed by atoms with Crippen molar-refractivity contribution in [3.8, 4) is 5.75 Å². The molecule has 0 spiro atoms. The van der Waals surface area contributed by atoms with Crippen LogP contribution in [0.5, 0.6) is 5.75 Å². The molecule has 0 fully saturated rings. The van der Waals surface area contributed by atoms with Crippen LogP contribution >= 0.6 is 0 Å². The largest absolute Gasteiger partial charge is 0.496 e. The number of rotatable bonds is 1. The van der Waals surface area contributed by atoms with Crippen LogP contribution in [0.25, 0.3) is 0 Å². The second-order valence-corrected chi connectivity index (χ2v) is 2.91. The highest BCUT2D eigenvalue weighted by molar-refractivity contribution is 6.04. The van der Waals surface area contributed by atoms with E-state index in [0.717, 1.165) is 0 Å². The molecule has 1 amide bonds. The summed E-state index contributed by atoms with van der Waals surface area (Å²) < 4.78 is 31.3. The first-order valence-corrected chi connectivity index (χ1v) is 3.94. The van der Waals surface area contributed by atoms with E-state index in [9.17, 15) is 13.6 Å². The highest BCUT2D eigenvalue weighted by Crippen LogP contribution is 2.45. The van der Waals surface area contributed by atoms with E-state index in [1.807, 2.05) is 0 Å². The number of alkyl halides is 2. The van der Waals surface area contributed by atoms with Gasteiger partial charge in [0.05, 0.1) is 18.4 Å². The average molecular weight is 199 g/mol. The summed E-state index contributed by atoms with van der Waals surface area (Å²) in [5, 5.41) is 2.09. The van der Waals surface area contributed by atoms with Crippen LogP contribution in [0.1, 0.15) is 5.56 Å². The summed E-state index contributed by atoms with van der Waals surface area (Å²) in [5.74, 6) is -4.79. The highest BCUT2D eigenvalue weighted by atomic mass is 19.3. The molecule has 1 N–H and O–H groups in total. The van der Waals surface area contributed by atoms with Gasteiger partial charge in [-0.25, -0.2) is 0 Å². The number of amides is 1. The van der Waals surface area contributed by atoms with Gasteiger partial charge in [-0.2, -0.15) is 8.78 Å². The van der Waals surface area contributed by atoms with Gasteiger partial charge in [-0.3, -0.25) is 4.79 Å². The molecule has 0 saturated heterocycles. The summed E-state index contributed by atoms with van der Waals surface area (Å²) in [4.78, 5) is 10.9. The molecule has 0 aromatic heterocycles. The number of carbonyl (C=O) groups is 1. The number of ether oxygens (including phenoxy) is 1. The fraction of sp³-hybridized carbons (Fsp3) is 0.222. The number of benzene rings is 1. The van der Waals surface area contributed by atoms with Gasteiger partial charge in [0, 0.05) is 0 Å². The predicted molar refractivity (Wildman–Crippen MR) is 45.5 cm³/mol. The molecule has 0 bridgehead atoms. The van der Waals surface area contributed by atoms with Crippen LogP contribution in [0.4, 0.5) is 14.5 Å². The van der Waals surface area contributed by atoms with Crippen molar-refractivity contribution in [1.29, 1.82) is 0 Å². The summed E-state index contributed by atoms with van der Waals surface area (Å²) in [6, 6.07) is 4.35. The third-order valence-corrected chi connectivity index (χ3v) is 2.09. The van der Waals surface area contributed by atoms with Gasteiger partial charge >= 0.3 is 5.92 Å². The maximum Gasteiger partial charge on any atom is 0.355 e. The number of carbonyl (C=O) groups excluding carboxylic acids is 1. The Morgan fingerprint density at radius 1 is 1.43 bits per heavy atom. The van der Waals surface area contributed by atoms with Crippen LogP contribution in [0.15, 0.2) is 18.2 Å². The maximum absolute atomic E-state index is 13.3. The Morgan fingerprint density at radius 2 is 2.14 bits per heavy atom. The van der Waals surface area contributed by atoms with Crippen molar-refractivity contribution in [3.05, 3.63) is 23.8 Å². The van der Waals surface area contributed by atoms with Gasteiger partial charge in [0.25, 0.3) is 5.91 Å². The number of hydrogen-bond acceptors (Lipinski definition) is 2. The van der Waals surface area contributed by atoms with E-state index in [0.29, 0.717) is 0 Å². The number of halogens is 2. The van der Waals surface area contributed by atoms with E-state index in [-0.39, 0.29) is 17.0 Å². The quantitative estimate of drug-likeness (QED) is 0.748. The van der Waals surface area contributed by atoms with Crippen LogP contribution in [0, 0.1) is 0 Å². The first-order chi connectivity index (χ1) is 6.57. The lowest BCUT2D eigenvalue weighted by Crippen LogP contribution is -2.24. The molecule has 1 aliphatic rings. The topological polar surface area (TPSA) is 38.3 Å². The van der Waals surface area contributed by atoms with Crippen molar-refractivity contribution >= 4 is 11.6 Å². The zero-order valence-electron chi connectivity index (χ0n) is 7.30. The average Bonchev–Trinajstić information content (AvgIpc) is 2.38. The predicted octanol–water partition coefficient (Wildman–Crippen LogP) is 1.74. The van der Waals surface area contributed by atoms with E-state index in [1.165, 1.54) is 19.2 Å². The minimum Gasteiger partial charge on any atom is -0.496 e. The fourth-order valence-corrected chi connectivity index (χ4v) is 1.44. The molecule has 0 unspecified atom stereocenters. The van der Waals surface area contributed by atoms with Crippen LogP contribution in [0.3, 0.4) is 0 Å². The Kier molecular flexibility index (Phi) is 1.70. The number of methoxy groups -OCH3 is 1. The highest BCUT2D eigenvalue weighted by Gasteiger charge is 2.50. The first kappa shape index (κ1) is 8.93. The second-order valence-electron chi connectivity index (χ2n) is 2.91. The molecule has 1 heterocycles. The molecule has 3 nitrogen and oxygen atoms in total. The Hall–Kier alpha value is -1.65. The van der Waals surface area contributed by atoms with E-state index < -0.39 is 11.8 Å². The number of anilines is 1. The van der Waals surface area contributed by atoms with E-state index in [1.54, 1.807) is 6.07 Å². The van der Waals surface area contributed by atoms with Crippen LogP contribution in [0.2, 0.25) is 0 Å². The summed E-state index contributed by atoms with van der Waals surface area (Å²) in [5.41, 5.74) is -0.271. The summed E-state index contributed by atoms with van der Waals surface area (Å²) in [6.07, 6.45) is 0. The number of nitrogens with one attached hydrogen (secondary N) is 1. The van der Waals surface area contributed by atoms with Crippen LogP contribution < -0.4 is 10.1 Å². The smallest absolute Gasteiger partial charge is 0.355 e. The molecule has 1 aromatic rings. The molecular weight excluding hydrogens is 192 g/mol. The monoisotopic (exact) mass is 199 g/mol. The Labute approximate surface area is 78.7 Å². The number of fused-ring (bicyclic) bond motifs is 1. The van der Waals surface area contributed by atoms with Gasteiger partial charge in [0.15, 0.2) is 0 Å². The van der Waals surface area contributed by atoms with Gasteiger partial charge in [-0.15, -0.1) is 0 Å². The maximum atomic E-state index is 13.3. The Balaban J connectivity index is 2.66. The van der Waals surface area contributed by atoms with Gasteiger partial charge < -0.3 is 10.1 Å². The van der Waals surface area contributed by atoms with Crippen molar-refractivity contribution < 1.29 is 18.3 Å². The lowest BCUT2D eigenvalue weighted by molar-refractivity contribution is -0.139. The lowest BCUT2D eigenvalue weighted by Gasteiger charge is -2.10. The molecule has 5 heteroatoms. The van der Waals surface area contributed by atoms with Gasteiger partial charge in [0.2, 0.25) is 0 Å². The van der Waals surface area contributed by atoms with Crippen molar-refractivity contribution in [2.24, 2.45) is 0 Å². The normalized spacial score (nSPS) is 17.5. The van der Waals surface area contributed by atoms with Crippen molar-refractivity contribution in [3.63, 3.8) is 0 Å². The first-order valence-electron chi connectivity index (χ1n) is 3.94. The molecule has 2 rings (SSSR count). The molecule has 0 radical (unpaired) electrons. The molecule has 1 aliphatic heterocycles. The van der Waals surface area contributed by atoms with Crippen molar-refractivity contribution in [2.45, 2.75) is 5.92 Å². The molecule has 0 aliphatic carbocycles. The third-order valence-electron chi connectivity index (χ3n) is 2.09. The van der Waals surface area contributed by atoms with E-state index in [4.69, 9.17) is 4.74 Å². The van der Waals surface area contributed by atoms with Crippen molar-refractivity contribution in [1.82, 2.24) is 0 Å². The van der Waals surface area contributed by atoms with Gasteiger partial charge in [-0.05, 0) is 12.1 Å². The molecular formula is C9H7F2NO2. The summed E-state index contributed by atoms with van der Waals surface area (Å²) >= 11 is 0. The molecule has 0 atom stereocenters. The lowest BCUT2D eigenvalue weighted by atomic mass is 10.1. The van der Waals surface area contributed by atoms with Gasteiger partial charge in [0.1, 0.15) is 5.75 Å². The Morgan fingerprint density at radius 3 is 2.79 bits per heavy atom. The van der Waals surface area contributed by atoms with Crippen LogP contribution in [-0.2, 0) is 10.7 Å². The second kappa shape index (κ2) is 2.67. The molecule has 14 heavy (non-hydrogen) atoms. The van der Waals surface area contributed by atoms with Crippen molar-refractivity contribution in [2.75, 3.05) is 12.4 Å². The van der Waals surface area contributed by atoms with E-state index >= 15 is 0 Å². The molecule has 74 valence electrons. The fourth-order valence-electron chi connectivity index (χ4n) is 1.44. The van der Waals surface area contributed by atoms with E-state index in [2.05, 4.69) is 5.32 Å². The minimum atomic E-state index is -3.50. The zero-order chi connectivity index (χ0) is 10.3. The third kappa shape index (κ3) is 0.982.